The van der Waals surface area contributed by atoms with Gasteiger partial charge in [-0.1, -0.05) is 6.07 Å². The molecule has 1 heterocycles. The zero-order valence-corrected chi connectivity index (χ0v) is 11.1. The van der Waals surface area contributed by atoms with E-state index in [0.717, 1.165) is 0 Å². The average molecular weight is 322 g/mol. The molecule has 6 nitrogen and oxygen atoms in total. The van der Waals surface area contributed by atoms with Crippen LogP contribution in [0, 0.1) is 10.1 Å². The van der Waals surface area contributed by atoms with Crippen molar-refractivity contribution in [2.75, 3.05) is 5.32 Å². The quantitative estimate of drug-likeness (QED) is 0.695. The fourth-order valence-corrected chi connectivity index (χ4v) is 1.80. The number of halogens is 1. The summed E-state index contributed by atoms with van der Waals surface area (Å²) < 4.78 is 0.680. The number of nitro groups is 1. The highest BCUT2D eigenvalue weighted by Crippen LogP contribution is 2.18. The first kappa shape index (κ1) is 13.2. The van der Waals surface area contributed by atoms with Gasteiger partial charge in [-0.15, -0.1) is 0 Å². The highest BCUT2D eigenvalue weighted by Gasteiger charge is 2.10. The lowest BCUT2D eigenvalue weighted by Gasteiger charge is -2.05. The molecule has 2 rings (SSSR count). The van der Waals surface area contributed by atoms with Crippen molar-refractivity contribution in [1.29, 1.82) is 0 Å². The fourth-order valence-electron chi connectivity index (χ4n) is 1.44. The molecule has 0 unspecified atom stereocenters. The molecule has 2 aromatic rings. The molecule has 0 aliphatic heterocycles. The van der Waals surface area contributed by atoms with Crippen LogP contribution in [0.15, 0.2) is 47.2 Å². The first-order chi connectivity index (χ1) is 9.06. The van der Waals surface area contributed by atoms with Crippen LogP contribution in [0.4, 0.5) is 11.4 Å². The predicted molar refractivity (Wildman–Crippen MR) is 73.0 cm³/mol. The van der Waals surface area contributed by atoms with Gasteiger partial charge in [0.2, 0.25) is 0 Å². The smallest absolute Gasteiger partial charge is 0.271 e. The van der Waals surface area contributed by atoms with E-state index in [2.05, 4.69) is 26.2 Å². The first-order valence-electron chi connectivity index (χ1n) is 5.22. The van der Waals surface area contributed by atoms with Gasteiger partial charge in [0.25, 0.3) is 11.6 Å². The van der Waals surface area contributed by atoms with Gasteiger partial charge in [0.05, 0.1) is 10.5 Å². The molecule has 0 radical (unpaired) electrons. The van der Waals surface area contributed by atoms with Crippen LogP contribution in [0.1, 0.15) is 10.4 Å². The monoisotopic (exact) mass is 321 g/mol. The summed E-state index contributed by atoms with van der Waals surface area (Å²) >= 11 is 3.21. The number of aromatic nitrogens is 1. The largest absolute Gasteiger partial charge is 0.322 e. The second-order valence-electron chi connectivity index (χ2n) is 3.65. The van der Waals surface area contributed by atoms with E-state index in [4.69, 9.17) is 0 Å². The molecule has 0 spiro atoms. The summed E-state index contributed by atoms with van der Waals surface area (Å²) in [5, 5.41) is 13.2. The summed E-state index contributed by atoms with van der Waals surface area (Å²) in [5.74, 6) is -0.380. The van der Waals surface area contributed by atoms with Crippen LogP contribution < -0.4 is 5.32 Å². The number of carbonyl (C=O) groups is 1. The second kappa shape index (κ2) is 5.57. The van der Waals surface area contributed by atoms with Gasteiger partial charge in [-0.2, -0.15) is 0 Å². The zero-order valence-electron chi connectivity index (χ0n) is 9.54. The van der Waals surface area contributed by atoms with E-state index in [1.165, 1.54) is 24.4 Å². The Kier molecular flexibility index (Phi) is 3.86. The molecule has 19 heavy (non-hydrogen) atoms. The molecule has 1 N–H and O–H groups in total. The van der Waals surface area contributed by atoms with Crippen molar-refractivity contribution in [2.45, 2.75) is 0 Å². The zero-order chi connectivity index (χ0) is 13.8. The van der Waals surface area contributed by atoms with E-state index in [-0.39, 0.29) is 11.6 Å². The Morgan fingerprint density at radius 2 is 2.11 bits per heavy atom. The van der Waals surface area contributed by atoms with Crippen LogP contribution in [0.5, 0.6) is 0 Å². The number of hydrogen-bond donors (Lipinski definition) is 1. The Hall–Kier alpha value is -2.28. The summed E-state index contributed by atoms with van der Waals surface area (Å²) in [6.45, 7) is 0. The Labute approximate surface area is 116 Å². The number of pyridine rings is 1. The van der Waals surface area contributed by atoms with Crippen molar-refractivity contribution in [3.8, 4) is 0 Å². The minimum absolute atomic E-state index is 0.0785. The van der Waals surface area contributed by atoms with Gasteiger partial charge in [0, 0.05) is 34.7 Å². The second-order valence-corrected chi connectivity index (χ2v) is 4.57. The number of nitrogens with zero attached hydrogens (tertiary/aromatic N) is 2. The summed E-state index contributed by atoms with van der Waals surface area (Å²) in [7, 11) is 0. The SMILES string of the molecule is O=C(Nc1cccc([N+](=O)[O-])c1)c1cncc(Br)c1. The molecule has 1 aromatic carbocycles. The number of hydrogen-bond acceptors (Lipinski definition) is 4. The molecule has 0 saturated carbocycles. The topological polar surface area (TPSA) is 85.1 Å². The minimum Gasteiger partial charge on any atom is -0.322 e. The molecule has 7 heteroatoms. The lowest BCUT2D eigenvalue weighted by Crippen LogP contribution is -2.12. The van der Waals surface area contributed by atoms with E-state index in [1.54, 1.807) is 18.3 Å². The van der Waals surface area contributed by atoms with Crippen molar-refractivity contribution in [2.24, 2.45) is 0 Å². The summed E-state index contributed by atoms with van der Waals surface area (Å²) in [6.07, 6.45) is 2.97. The van der Waals surface area contributed by atoms with Crippen molar-refractivity contribution in [3.05, 3.63) is 62.9 Å². The highest BCUT2D eigenvalue weighted by molar-refractivity contribution is 9.10. The van der Waals surface area contributed by atoms with Gasteiger partial charge in [-0.05, 0) is 28.1 Å². The van der Waals surface area contributed by atoms with E-state index < -0.39 is 4.92 Å². The molecule has 0 saturated heterocycles. The van der Waals surface area contributed by atoms with E-state index in [9.17, 15) is 14.9 Å². The van der Waals surface area contributed by atoms with Crippen LogP contribution in [-0.4, -0.2) is 15.8 Å². The fraction of sp³-hybridized carbons (Fsp3) is 0. The predicted octanol–water partition coefficient (Wildman–Crippen LogP) is 3.00. The molecule has 1 aromatic heterocycles. The third-order valence-electron chi connectivity index (χ3n) is 2.28. The molecule has 0 aliphatic carbocycles. The Morgan fingerprint density at radius 1 is 1.32 bits per heavy atom. The number of anilines is 1. The number of carbonyl (C=O) groups excluding carboxylic acids is 1. The molecular weight excluding hydrogens is 314 g/mol. The maximum absolute atomic E-state index is 11.9. The maximum atomic E-state index is 11.9. The molecule has 0 aliphatic rings. The van der Waals surface area contributed by atoms with E-state index >= 15 is 0 Å². The molecule has 1 amide bonds. The van der Waals surface area contributed by atoms with E-state index in [0.29, 0.717) is 15.7 Å². The van der Waals surface area contributed by atoms with Crippen molar-refractivity contribution in [3.63, 3.8) is 0 Å². The van der Waals surface area contributed by atoms with Gasteiger partial charge in [0.1, 0.15) is 0 Å². The third kappa shape index (κ3) is 3.35. The normalized spacial score (nSPS) is 9.95. The molecule has 0 atom stereocenters. The van der Waals surface area contributed by atoms with Crippen molar-refractivity contribution < 1.29 is 9.72 Å². The Bertz CT molecular complexity index is 646. The summed E-state index contributed by atoms with van der Waals surface area (Å²) in [5.41, 5.74) is 0.644. The Morgan fingerprint density at radius 3 is 2.79 bits per heavy atom. The van der Waals surface area contributed by atoms with Gasteiger partial charge in [-0.25, -0.2) is 0 Å². The standard InChI is InChI=1S/C12H8BrN3O3/c13-9-4-8(6-14-7-9)12(17)15-10-2-1-3-11(5-10)16(18)19/h1-7H,(H,15,17). The van der Waals surface area contributed by atoms with Crippen molar-refractivity contribution in [1.82, 2.24) is 4.98 Å². The van der Waals surface area contributed by atoms with Crippen molar-refractivity contribution >= 4 is 33.2 Å². The van der Waals surface area contributed by atoms with Gasteiger partial charge in [0.15, 0.2) is 0 Å². The van der Waals surface area contributed by atoms with Crippen LogP contribution >= 0.6 is 15.9 Å². The summed E-state index contributed by atoms with van der Waals surface area (Å²) in [6, 6.07) is 7.35. The van der Waals surface area contributed by atoms with Crippen LogP contribution in [-0.2, 0) is 0 Å². The molecule has 0 bridgehead atoms. The number of nitro benzene ring substituents is 1. The van der Waals surface area contributed by atoms with Gasteiger partial charge >= 0.3 is 0 Å². The van der Waals surface area contributed by atoms with E-state index in [1.807, 2.05) is 0 Å². The molecule has 96 valence electrons. The first-order valence-corrected chi connectivity index (χ1v) is 6.02. The highest BCUT2D eigenvalue weighted by atomic mass is 79.9. The van der Waals surface area contributed by atoms with Crippen LogP contribution in [0.2, 0.25) is 0 Å². The lowest BCUT2D eigenvalue weighted by molar-refractivity contribution is -0.384. The molecule has 0 fully saturated rings. The lowest BCUT2D eigenvalue weighted by atomic mass is 10.2. The number of rotatable bonds is 3. The number of benzene rings is 1. The Balaban J connectivity index is 2.19. The maximum Gasteiger partial charge on any atom is 0.271 e. The number of amides is 1. The minimum atomic E-state index is -0.518. The van der Waals surface area contributed by atoms with Crippen LogP contribution in [0.3, 0.4) is 0 Å². The van der Waals surface area contributed by atoms with Gasteiger partial charge < -0.3 is 5.32 Å². The van der Waals surface area contributed by atoms with Gasteiger partial charge in [-0.3, -0.25) is 19.9 Å². The third-order valence-corrected chi connectivity index (χ3v) is 2.72. The summed E-state index contributed by atoms with van der Waals surface area (Å²) in [4.78, 5) is 25.9. The number of non-ortho nitro benzene ring substituents is 1. The van der Waals surface area contributed by atoms with Crippen LogP contribution in [0.25, 0.3) is 0 Å². The average Bonchev–Trinajstić information content (AvgIpc) is 2.39. The number of nitrogens with one attached hydrogen (secondary N) is 1. The molecular formula is C12H8BrN3O3.